The molecule has 1 aliphatic rings. The van der Waals surface area contributed by atoms with Crippen molar-refractivity contribution < 1.29 is 28.9 Å². The lowest BCUT2D eigenvalue weighted by Crippen LogP contribution is -2.27. The number of carboxylic acids is 1. The molecule has 0 saturated carbocycles. The molecular weight excluding hydrogens is 556 g/mol. The van der Waals surface area contributed by atoms with Gasteiger partial charge in [-0.2, -0.15) is 0 Å². The summed E-state index contributed by atoms with van der Waals surface area (Å²) >= 11 is 1.67. The minimum absolute atomic E-state index is 0.00703. The molecular formula is C31H38N4O6S. The standard InChI is InChI=1S/C31H38N4O6S/c1-5-39-30(38)15-24(22-13-25(32)31(34(4)33)27(14-22)40-18-29(36)37)21-11-10-19(2)23(12-21)17-35-16-20(3)41-26-8-6-7-9-28(26)42-35/h6-14,20,24H,5,15-18,32-33H2,1-4H3,(H,36,37). The number of anilines is 2. The molecule has 0 spiro atoms. The number of esters is 1. The summed E-state index contributed by atoms with van der Waals surface area (Å²) in [4.78, 5) is 25.1. The molecule has 11 heteroatoms. The summed E-state index contributed by atoms with van der Waals surface area (Å²) in [6, 6.07) is 17.6. The van der Waals surface area contributed by atoms with Crippen LogP contribution in [0.25, 0.3) is 0 Å². The number of benzene rings is 3. The van der Waals surface area contributed by atoms with Crippen LogP contribution in [-0.2, 0) is 20.9 Å². The van der Waals surface area contributed by atoms with Gasteiger partial charge in [0, 0.05) is 26.1 Å². The number of nitrogen functional groups attached to an aromatic ring is 1. The van der Waals surface area contributed by atoms with Crippen LogP contribution >= 0.6 is 11.9 Å². The Kier molecular flexibility index (Phi) is 10.2. The second-order valence-corrected chi connectivity index (χ2v) is 11.4. The first-order valence-corrected chi connectivity index (χ1v) is 14.5. The van der Waals surface area contributed by atoms with Gasteiger partial charge < -0.3 is 30.1 Å². The minimum atomic E-state index is -1.13. The first-order valence-electron chi connectivity index (χ1n) is 13.8. The van der Waals surface area contributed by atoms with E-state index < -0.39 is 18.5 Å². The summed E-state index contributed by atoms with van der Waals surface area (Å²) in [6.07, 6.45) is 0.0652. The first kappa shape index (κ1) is 31.0. The van der Waals surface area contributed by atoms with Crippen LogP contribution < -0.4 is 26.1 Å². The number of aliphatic carboxylic acids is 1. The van der Waals surface area contributed by atoms with Gasteiger partial charge in [0.2, 0.25) is 0 Å². The van der Waals surface area contributed by atoms with E-state index in [2.05, 4.69) is 30.3 Å². The molecule has 0 radical (unpaired) electrons. The van der Waals surface area contributed by atoms with Gasteiger partial charge in [0.25, 0.3) is 0 Å². The number of carbonyl (C=O) groups excluding carboxylic acids is 1. The summed E-state index contributed by atoms with van der Waals surface area (Å²) in [5.41, 5.74) is 10.8. The van der Waals surface area contributed by atoms with Crippen LogP contribution in [0.2, 0.25) is 0 Å². The maximum Gasteiger partial charge on any atom is 0.341 e. The quantitative estimate of drug-likeness (QED) is 0.0933. The lowest BCUT2D eigenvalue weighted by molar-refractivity contribution is -0.143. The van der Waals surface area contributed by atoms with E-state index in [1.165, 1.54) is 5.01 Å². The fourth-order valence-corrected chi connectivity index (χ4v) is 6.11. The molecule has 0 aromatic heterocycles. The largest absolute Gasteiger partial charge is 0.488 e. The Labute approximate surface area is 250 Å². The van der Waals surface area contributed by atoms with Crippen LogP contribution in [0.3, 0.4) is 0 Å². The molecule has 0 aliphatic carbocycles. The second kappa shape index (κ2) is 13.8. The van der Waals surface area contributed by atoms with E-state index in [1.807, 2.05) is 30.3 Å². The van der Waals surface area contributed by atoms with E-state index in [-0.39, 0.29) is 30.9 Å². The van der Waals surface area contributed by atoms with Crippen molar-refractivity contribution >= 4 is 35.3 Å². The zero-order valence-corrected chi connectivity index (χ0v) is 25.1. The fraction of sp³-hybridized carbons (Fsp3) is 0.355. The number of carboxylic acid groups (broad SMARTS) is 1. The number of hydrogen-bond acceptors (Lipinski definition) is 10. The average molecular weight is 595 g/mol. The average Bonchev–Trinajstić information content (AvgIpc) is 3.08. The SMILES string of the molecule is CCOC(=O)CC(c1ccc(C)c(CN2CC(C)Oc3ccccc3S2)c1)c1cc(N)c(N(C)N)c(OCC(=O)O)c1. The molecule has 5 N–H and O–H groups in total. The summed E-state index contributed by atoms with van der Waals surface area (Å²) in [5, 5.41) is 10.5. The van der Waals surface area contributed by atoms with Gasteiger partial charge in [0.15, 0.2) is 6.61 Å². The van der Waals surface area contributed by atoms with E-state index >= 15 is 0 Å². The molecule has 0 saturated heterocycles. The van der Waals surface area contributed by atoms with E-state index in [4.69, 9.17) is 25.8 Å². The maximum absolute atomic E-state index is 12.8. The number of hydrogen-bond donors (Lipinski definition) is 3. The highest BCUT2D eigenvalue weighted by Crippen LogP contribution is 2.41. The van der Waals surface area contributed by atoms with E-state index in [0.29, 0.717) is 23.5 Å². The van der Waals surface area contributed by atoms with Gasteiger partial charge in [-0.05, 0) is 79.2 Å². The number of nitrogens with zero attached hydrogens (tertiary/aromatic N) is 2. The van der Waals surface area contributed by atoms with Gasteiger partial charge in [0.05, 0.1) is 23.6 Å². The Morgan fingerprint density at radius 2 is 1.95 bits per heavy atom. The van der Waals surface area contributed by atoms with Gasteiger partial charge in [-0.1, -0.05) is 30.3 Å². The van der Waals surface area contributed by atoms with Crippen LogP contribution in [-0.4, -0.2) is 54.3 Å². The third kappa shape index (κ3) is 7.67. The third-order valence-electron chi connectivity index (χ3n) is 6.90. The number of nitrogens with two attached hydrogens (primary N) is 2. The smallest absolute Gasteiger partial charge is 0.341 e. The highest BCUT2D eigenvalue weighted by molar-refractivity contribution is 7.97. The third-order valence-corrected chi connectivity index (χ3v) is 7.97. The molecule has 0 amide bonds. The molecule has 42 heavy (non-hydrogen) atoms. The Morgan fingerprint density at radius 3 is 2.67 bits per heavy atom. The molecule has 0 bridgehead atoms. The van der Waals surface area contributed by atoms with Gasteiger partial charge in [-0.15, -0.1) is 0 Å². The Morgan fingerprint density at radius 1 is 1.19 bits per heavy atom. The van der Waals surface area contributed by atoms with Crippen molar-refractivity contribution in [2.45, 2.75) is 50.7 Å². The number of para-hydroxylation sites is 1. The minimum Gasteiger partial charge on any atom is -0.488 e. The summed E-state index contributed by atoms with van der Waals surface area (Å²) in [5.74, 6) is 5.15. The monoisotopic (exact) mass is 594 g/mol. The predicted octanol–water partition coefficient (Wildman–Crippen LogP) is 4.73. The van der Waals surface area contributed by atoms with Crippen molar-refractivity contribution in [3.63, 3.8) is 0 Å². The Hall–Kier alpha value is -3.93. The van der Waals surface area contributed by atoms with Crippen LogP contribution in [0, 0.1) is 6.92 Å². The fourth-order valence-electron chi connectivity index (χ4n) is 5.00. The molecule has 3 aromatic rings. The topological polar surface area (TPSA) is 141 Å². The van der Waals surface area contributed by atoms with Gasteiger partial charge in [-0.25, -0.2) is 14.9 Å². The number of aryl methyl sites for hydroxylation is 1. The molecule has 2 unspecified atom stereocenters. The van der Waals surface area contributed by atoms with Gasteiger partial charge in [0.1, 0.15) is 23.3 Å². The number of fused-ring (bicyclic) bond motifs is 1. The molecule has 1 aliphatic heterocycles. The molecule has 3 aromatic carbocycles. The number of ether oxygens (including phenoxy) is 3. The molecule has 2 atom stereocenters. The van der Waals surface area contributed by atoms with E-state index in [1.54, 1.807) is 38.1 Å². The Balaban J connectivity index is 1.72. The molecule has 4 rings (SSSR count). The zero-order chi connectivity index (χ0) is 30.4. The van der Waals surface area contributed by atoms with Gasteiger partial charge >= 0.3 is 11.9 Å². The van der Waals surface area contributed by atoms with Crippen molar-refractivity contribution in [2.75, 3.05) is 37.5 Å². The number of carbonyl (C=O) groups is 2. The van der Waals surface area contributed by atoms with Crippen molar-refractivity contribution in [3.05, 3.63) is 76.9 Å². The highest BCUT2D eigenvalue weighted by atomic mass is 32.2. The van der Waals surface area contributed by atoms with Crippen molar-refractivity contribution in [2.24, 2.45) is 5.84 Å². The lowest BCUT2D eigenvalue weighted by Gasteiger charge is -2.25. The van der Waals surface area contributed by atoms with Crippen LogP contribution in [0.15, 0.2) is 59.5 Å². The highest BCUT2D eigenvalue weighted by Gasteiger charge is 2.26. The summed E-state index contributed by atoms with van der Waals surface area (Å²) in [6.45, 7) is 6.96. The van der Waals surface area contributed by atoms with Gasteiger partial charge in [-0.3, -0.25) is 4.79 Å². The van der Waals surface area contributed by atoms with E-state index in [0.717, 1.165) is 33.9 Å². The normalized spacial score (nSPS) is 15.6. The summed E-state index contributed by atoms with van der Waals surface area (Å²) in [7, 11) is 1.59. The first-order chi connectivity index (χ1) is 20.0. The van der Waals surface area contributed by atoms with Crippen molar-refractivity contribution in [3.8, 4) is 11.5 Å². The number of hydrazine groups is 1. The summed E-state index contributed by atoms with van der Waals surface area (Å²) < 4.78 is 19.3. The zero-order valence-electron chi connectivity index (χ0n) is 24.3. The van der Waals surface area contributed by atoms with Crippen LogP contribution in [0.5, 0.6) is 11.5 Å². The van der Waals surface area contributed by atoms with Crippen molar-refractivity contribution in [1.29, 1.82) is 0 Å². The van der Waals surface area contributed by atoms with E-state index in [9.17, 15) is 14.7 Å². The van der Waals surface area contributed by atoms with Crippen LogP contribution in [0.1, 0.15) is 48.4 Å². The van der Waals surface area contributed by atoms with Crippen molar-refractivity contribution in [1.82, 2.24) is 4.31 Å². The molecule has 10 nitrogen and oxygen atoms in total. The second-order valence-electron chi connectivity index (χ2n) is 10.3. The number of rotatable bonds is 11. The molecule has 224 valence electrons. The Bertz CT molecular complexity index is 1430. The molecule has 1 heterocycles. The lowest BCUT2D eigenvalue weighted by atomic mass is 9.86. The predicted molar refractivity (Wildman–Crippen MR) is 164 cm³/mol. The van der Waals surface area contributed by atoms with Crippen LogP contribution in [0.4, 0.5) is 11.4 Å². The molecule has 0 fully saturated rings. The maximum atomic E-state index is 12.8.